The molecule has 1 amide bonds. The first-order chi connectivity index (χ1) is 9.57. The lowest BCUT2D eigenvalue weighted by molar-refractivity contribution is -0.121. The standard InChI is InChI=1S/C17H24N2O/c1-13(20)18-17(2)9-8-15-11-19(12-16(15)17)10-14-6-4-3-5-7-14/h3-7,15-16H,8-12H2,1-2H3,(H,18,20)/t15-,16+,17+/m1/s1. The van der Waals surface area contributed by atoms with Gasteiger partial charge in [-0.15, -0.1) is 0 Å². The van der Waals surface area contributed by atoms with E-state index in [0.717, 1.165) is 25.4 Å². The van der Waals surface area contributed by atoms with Crippen LogP contribution in [0.2, 0.25) is 0 Å². The predicted molar refractivity (Wildman–Crippen MR) is 80.2 cm³/mol. The molecule has 3 nitrogen and oxygen atoms in total. The van der Waals surface area contributed by atoms with Gasteiger partial charge in [0.05, 0.1) is 0 Å². The third-order valence-electron chi connectivity index (χ3n) is 5.08. The number of hydrogen-bond acceptors (Lipinski definition) is 2. The molecule has 1 N–H and O–H groups in total. The zero-order valence-corrected chi connectivity index (χ0v) is 12.4. The molecule has 2 fully saturated rings. The molecule has 1 saturated heterocycles. The van der Waals surface area contributed by atoms with Crippen LogP contribution in [-0.4, -0.2) is 29.4 Å². The molecular formula is C17H24N2O. The van der Waals surface area contributed by atoms with E-state index >= 15 is 0 Å². The molecule has 1 heterocycles. The van der Waals surface area contributed by atoms with Crippen LogP contribution in [0.15, 0.2) is 30.3 Å². The monoisotopic (exact) mass is 272 g/mol. The molecule has 0 bridgehead atoms. The second kappa shape index (κ2) is 5.21. The van der Waals surface area contributed by atoms with Gasteiger partial charge in [-0.3, -0.25) is 9.69 Å². The van der Waals surface area contributed by atoms with Crippen molar-refractivity contribution in [3.05, 3.63) is 35.9 Å². The first-order valence-corrected chi connectivity index (χ1v) is 7.62. The number of likely N-dealkylation sites (tertiary alicyclic amines) is 1. The Labute approximate surface area is 121 Å². The van der Waals surface area contributed by atoms with Crippen molar-refractivity contribution in [2.24, 2.45) is 11.8 Å². The maximum atomic E-state index is 11.4. The van der Waals surface area contributed by atoms with Crippen molar-refractivity contribution in [3.63, 3.8) is 0 Å². The molecule has 3 heteroatoms. The highest BCUT2D eigenvalue weighted by Gasteiger charge is 2.49. The quantitative estimate of drug-likeness (QED) is 0.916. The van der Waals surface area contributed by atoms with Crippen molar-refractivity contribution in [2.75, 3.05) is 13.1 Å². The van der Waals surface area contributed by atoms with E-state index < -0.39 is 0 Å². The van der Waals surface area contributed by atoms with Crippen LogP contribution in [0.1, 0.15) is 32.3 Å². The lowest BCUT2D eigenvalue weighted by Crippen LogP contribution is -2.49. The van der Waals surface area contributed by atoms with E-state index in [1.807, 2.05) is 0 Å². The van der Waals surface area contributed by atoms with Gasteiger partial charge in [0.15, 0.2) is 0 Å². The molecule has 2 aliphatic rings. The minimum absolute atomic E-state index is 0.00192. The fraction of sp³-hybridized carbons (Fsp3) is 0.588. The van der Waals surface area contributed by atoms with E-state index in [1.165, 1.54) is 18.5 Å². The molecule has 1 aromatic rings. The molecule has 108 valence electrons. The Morgan fingerprint density at radius 1 is 1.35 bits per heavy atom. The molecule has 0 radical (unpaired) electrons. The predicted octanol–water partition coefficient (Wildman–Crippen LogP) is 2.42. The van der Waals surface area contributed by atoms with Gasteiger partial charge in [-0.1, -0.05) is 30.3 Å². The maximum Gasteiger partial charge on any atom is 0.217 e. The fourth-order valence-corrected chi connectivity index (χ4v) is 4.17. The molecular weight excluding hydrogens is 248 g/mol. The molecule has 1 aromatic carbocycles. The van der Waals surface area contributed by atoms with Gasteiger partial charge in [-0.25, -0.2) is 0 Å². The molecule has 1 aliphatic heterocycles. The minimum Gasteiger partial charge on any atom is -0.351 e. The van der Waals surface area contributed by atoms with Gasteiger partial charge in [0.25, 0.3) is 0 Å². The van der Waals surface area contributed by atoms with Gasteiger partial charge in [0, 0.05) is 32.1 Å². The summed E-state index contributed by atoms with van der Waals surface area (Å²) in [5, 5.41) is 3.21. The average molecular weight is 272 g/mol. The minimum atomic E-state index is 0.00192. The van der Waals surface area contributed by atoms with Crippen LogP contribution in [0.25, 0.3) is 0 Å². The zero-order valence-electron chi connectivity index (χ0n) is 12.4. The number of hydrogen-bond donors (Lipinski definition) is 1. The number of fused-ring (bicyclic) bond motifs is 1. The van der Waals surface area contributed by atoms with Crippen LogP contribution < -0.4 is 5.32 Å². The average Bonchev–Trinajstić information content (AvgIpc) is 2.91. The number of carbonyl (C=O) groups excluding carboxylic acids is 1. The van der Waals surface area contributed by atoms with Crippen molar-refractivity contribution in [1.82, 2.24) is 10.2 Å². The Morgan fingerprint density at radius 2 is 2.10 bits per heavy atom. The van der Waals surface area contributed by atoms with Crippen molar-refractivity contribution >= 4 is 5.91 Å². The van der Waals surface area contributed by atoms with Gasteiger partial charge in [-0.05, 0) is 37.2 Å². The SMILES string of the molecule is CC(=O)N[C@@]1(C)CC[C@@H]2CN(Cc3ccccc3)C[C@@H]21. The van der Waals surface area contributed by atoms with E-state index in [4.69, 9.17) is 0 Å². The van der Waals surface area contributed by atoms with E-state index in [0.29, 0.717) is 5.92 Å². The molecule has 20 heavy (non-hydrogen) atoms. The lowest BCUT2D eigenvalue weighted by atomic mass is 9.86. The number of carbonyl (C=O) groups is 1. The number of rotatable bonds is 3. The molecule has 3 rings (SSSR count). The van der Waals surface area contributed by atoms with Crippen LogP contribution in [0.4, 0.5) is 0 Å². The topological polar surface area (TPSA) is 32.3 Å². The Balaban J connectivity index is 1.66. The Morgan fingerprint density at radius 3 is 2.80 bits per heavy atom. The van der Waals surface area contributed by atoms with Crippen molar-refractivity contribution in [2.45, 2.75) is 38.8 Å². The molecule has 1 saturated carbocycles. The van der Waals surface area contributed by atoms with Crippen molar-refractivity contribution < 1.29 is 4.79 Å². The normalized spacial score (nSPS) is 33.1. The molecule has 0 unspecified atom stereocenters. The van der Waals surface area contributed by atoms with Crippen molar-refractivity contribution in [1.29, 1.82) is 0 Å². The Bertz CT molecular complexity index is 487. The maximum absolute atomic E-state index is 11.4. The second-order valence-corrected chi connectivity index (χ2v) is 6.68. The van der Waals surface area contributed by atoms with E-state index in [2.05, 4.69) is 47.5 Å². The summed E-state index contributed by atoms with van der Waals surface area (Å²) < 4.78 is 0. The van der Waals surface area contributed by atoms with Gasteiger partial charge in [-0.2, -0.15) is 0 Å². The van der Waals surface area contributed by atoms with Gasteiger partial charge in [0.2, 0.25) is 5.91 Å². The van der Waals surface area contributed by atoms with Gasteiger partial charge in [0.1, 0.15) is 0 Å². The van der Waals surface area contributed by atoms with Crippen LogP contribution in [0.5, 0.6) is 0 Å². The molecule has 0 spiro atoms. The molecule has 3 atom stereocenters. The van der Waals surface area contributed by atoms with Gasteiger partial charge >= 0.3 is 0 Å². The third-order valence-corrected chi connectivity index (χ3v) is 5.08. The highest BCUT2D eigenvalue weighted by Crippen LogP contribution is 2.45. The van der Waals surface area contributed by atoms with E-state index in [-0.39, 0.29) is 11.4 Å². The Kier molecular flexibility index (Phi) is 3.55. The summed E-state index contributed by atoms with van der Waals surface area (Å²) in [7, 11) is 0. The third kappa shape index (κ3) is 2.59. The largest absolute Gasteiger partial charge is 0.351 e. The summed E-state index contributed by atoms with van der Waals surface area (Å²) in [6, 6.07) is 10.7. The zero-order chi connectivity index (χ0) is 14.2. The van der Waals surface area contributed by atoms with Crippen LogP contribution in [-0.2, 0) is 11.3 Å². The first-order valence-electron chi connectivity index (χ1n) is 7.62. The van der Waals surface area contributed by atoms with Crippen LogP contribution in [0.3, 0.4) is 0 Å². The summed E-state index contributed by atoms with van der Waals surface area (Å²) in [4.78, 5) is 14.0. The first kappa shape index (κ1) is 13.6. The van der Waals surface area contributed by atoms with Crippen LogP contribution >= 0.6 is 0 Å². The Hall–Kier alpha value is -1.35. The second-order valence-electron chi connectivity index (χ2n) is 6.68. The molecule has 0 aromatic heterocycles. The molecule has 1 aliphatic carbocycles. The summed E-state index contributed by atoms with van der Waals surface area (Å²) >= 11 is 0. The lowest BCUT2D eigenvalue weighted by Gasteiger charge is -2.32. The van der Waals surface area contributed by atoms with E-state index in [9.17, 15) is 4.79 Å². The number of benzene rings is 1. The summed E-state index contributed by atoms with van der Waals surface area (Å²) in [6.45, 7) is 7.18. The van der Waals surface area contributed by atoms with E-state index in [1.54, 1.807) is 6.92 Å². The fourth-order valence-electron chi connectivity index (χ4n) is 4.17. The summed E-state index contributed by atoms with van der Waals surface area (Å²) in [6.07, 6.45) is 2.37. The van der Waals surface area contributed by atoms with Crippen LogP contribution in [0, 0.1) is 11.8 Å². The highest BCUT2D eigenvalue weighted by atomic mass is 16.1. The van der Waals surface area contributed by atoms with Gasteiger partial charge < -0.3 is 5.32 Å². The highest BCUT2D eigenvalue weighted by molar-refractivity contribution is 5.73. The smallest absolute Gasteiger partial charge is 0.217 e. The summed E-state index contributed by atoms with van der Waals surface area (Å²) in [5.41, 5.74) is 1.38. The number of nitrogens with zero attached hydrogens (tertiary/aromatic N) is 1. The number of amides is 1. The number of nitrogens with one attached hydrogen (secondary N) is 1. The summed E-state index contributed by atoms with van der Waals surface area (Å²) in [5.74, 6) is 1.46. The van der Waals surface area contributed by atoms with Crippen molar-refractivity contribution in [3.8, 4) is 0 Å².